The molecule has 0 radical (unpaired) electrons. The number of hydrogen-bond acceptors (Lipinski definition) is 7. The highest BCUT2D eigenvalue weighted by atomic mass is 35.5. The summed E-state index contributed by atoms with van der Waals surface area (Å²) in [5.41, 5.74) is 3.29. The first-order valence-electron chi connectivity index (χ1n) is 14.6. The van der Waals surface area contributed by atoms with Crippen LogP contribution in [0.4, 0.5) is 0 Å². The van der Waals surface area contributed by atoms with E-state index in [1.165, 1.54) is 11.3 Å². The van der Waals surface area contributed by atoms with Crippen molar-refractivity contribution >= 4 is 75.6 Å². The van der Waals surface area contributed by atoms with Crippen LogP contribution in [0.25, 0.3) is 11.8 Å². The van der Waals surface area contributed by atoms with E-state index in [2.05, 4.69) is 0 Å². The van der Waals surface area contributed by atoms with Crippen LogP contribution < -0.4 is 19.6 Å². The summed E-state index contributed by atoms with van der Waals surface area (Å²) in [7, 11) is 0. The highest BCUT2D eigenvalue weighted by Crippen LogP contribution is 2.36. The average molecular weight is 722 g/mol. The molecule has 2 heterocycles. The van der Waals surface area contributed by atoms with Gasteiger partial charge in [-0.1, -0.05) is 94.7 Å². The van der Waals surface area contributed by atoms with E-state index in [0.717, 1.165) is 21.6 Å². The zero-order chi connectivity index (χ0) is 33.1. The molecule has 0 amide bonds. The SMILES string of the molecule is CCOC(=O)C1=C(c2ccccc2)N=c2s/c(=C\c3cc(Cl)ccc3OCc3ccc(Cl)cc3Cl)c(=O)n2[C@@H]1c1ccc(SC)cc1. The summed E-state index contributed by atoms with van der Waals surface area (Å²) in [5.74, 6) is -0.0256. The summed E-state index contributed by atoms with van der Waals surface area (Å²) in [6.07, 6.45) is 3.73. The van der Waals surface area contributed by atoms with Crippen molar-refractivity contribution in [3.05, 3.63) is 154 Å². The third-order valence-electron chi connectivity index (χ3n) is 7.46. The summed E-state index contributed by atoms with van der Waals surface area (Å²) in [4.78, 5) is 34.5. The lowest BCUT2D eigenvalue weighted by Gasteiger charge is -2.26. The van der Waals surface area contributed by atoms with Gasteiger partial charge in [0.15, 0.2) is 4.80 Å². The van der Waals surface area contributed by atoms with Crippen LogP contribution in [0.15, 0.2) is 111 Å². The fourth-order valence-electron chi connectivity index (χ4n) is 5.24. The number of thiazole rings is 1. The lowest BCUT2D eigenvalue weighted by molar-refractivity contribution is -0.138. The Hall–Kier alpha value is -3.79. The monoisotopic (exact) mass is 720 g/mol. The highest BCUT2D eigenvalue weighted by Gasteiger charge is 2.35. The van der Waals surface area contributed by atoms with E-state index in [1.807, 2.05) is 60.9 Å². The molecule has 0 fully saturated rings. The number of hydrogen-bond donors (Lipinski definition) is 0. The Labute approximate surface area is 294 Å². The van der Waals surface area contributed by atoms with Crippen LogP contribution in [0.3, 0.4) is 0 Å². The second-order valence-corrected chi connectivity index (χ2v) is 13.6. The number of carbonyl (C=O) groups excluding carboxylic acids is 1. The molecular weight excluding hydrogens is 695 g/mol. The zero-order valence-electron chi connectivity index (χ0n) is 25.2. The van der Waals surface area contributed by atoms with E-state index in [4.69, 9.17) is 49.3 Å². The van der Waals surface area contributed by atoms with Gasteiger partial charge in [-0.3, -0.25) is 9.36 Å². The molecular formula is C36H27Cl3N2O4S2. The van der Waals surface area contributed by atoms with Gasteiger partial charge < -0.3 is 9.47 Å². The van der Waals surface area contributed by atoms with E-state index in [0.29, 0.717) is 47.0 Å². The Morgan fingerprint density at radius 1 is 0.979 bits per heavy atom. The van der Waals surface area contributed by atoms with Crippen molar-refractivity contribution in [3.8, 4) is 5.75 Å². The number of nitrogens with zero attached hydrogens (tertiary/aromatic N) is 2. The Kier molecular flexibility index (Phi) is 10.2. The lowest BCUT2D eigenvalue weighted by atomic mass is 9.93. The van der Waals surface area contributed by atoms with Crippen molar-refractivity contribution in [3.63, 3.8) is 0 Å². The van der Waals surface area contributed by atoms with Gasteiger partial charge in [0.1, 0.15) is 12.4 Å². The Balaban J connectivity index is 1.53. The van der Waals surface area contributed by atoms with Crippen LogP contribution in [0.5, 0.6) is 5.75 Å². The van der Waals surface area contributed by atoms with Gasteiger partial charge in [-0.05, 0) is 67.3 Å². The molecule has 0 saturated carbocycles. The van der Waals surface area contributed by atoms with Crippen LogP contribution in [-0.4, -0.2) is 23.4 Å². The largest absolute Gasteiger partial charge is 0.488 e. The van der Waals surface area contributed by atoms with Crippen LogP contribution >= 0.6 is 57.9 Å². The maximum absolute atomic E-state index is 14.3. The summed E-state index contributed by atoms with van der Waals surface area (Å²) in [5, 5.41) is 1.49. The molecule has 1 atom stereocenters. The first-order chi connectivity index (χ1) is 22.8. The minimum Gasteiger partial charge on any atom is -0.488 e. The van der Waals surface area contributed by atoms with Crippen LogP contribution in [0.1, 0.15) is 35.2 Å². The standard InChI is InChI=1S/C36H27Cl3N2O4S2/c1-3-44-35(43)31-32(21-7-5-4-6-8-21)40-36-41(33(31)22-10-14-27(46-2)15-11-22)34(42)30(47-36)18-24-17-25(37)13-16-29(24)45-20-23-9-12-26(38)19-28(23)39/h4-19,33H,3,20H2,1-2H3/b30-18-/t33-/m1/s1. The number of carbonyl (C=O) groups is 1. The maximum Gasteiger partial charge on any atom is 0.338 e. The van der Waals surface area contributed by atoms with Crippen LogP contribution in [0.2, 0.25) is 15.1 Å². The van der Waals surface area contributed by atoms with Crippen LogP contribution in [-0.2, 0) is 16.1 Å². The Morgan fingerprint density at radius 2 is 1.70 bits per heavy atom. The van der Waals surface area contributed by atoms with Gasteiger partial charge in [0.2, 0.25) is 0 Å². The van der Waals surface area contributed by atoms with Crippen molar-refractivity contribution in [1.29, 1.82) is 0 Å². The third-order valence-corrected chi connectivity index (χ3v) is 10.0. The molecule has 0 bridgehead atoms. The molecule has 5 aromatic rings. The molecule has 0 N–H and O–H groups in total. The van der Waals surface area contributed by atoms with Gasteiger partial charge in [-0.25, -0.2) is 9.79 Å². The zero-order valence-corrected chi connectivity index (χ0v) is 29.1. The minimum atomic E-state index is -0.777. The van der Waals surface area contributed by atoms with Crippen molar-refractivity contribution in [2.24, 2.45) is 4.99 Å². The van der Waals surface area contributed by atoms with Crippen LogP contribution in [0, 0.1) is 0 Å². The smallest absolute Gasteiger partial charge is 0.338 e. The number of benzene rings is 4. The predicted molar refractivity (Wildman–Crippen MR) is 192 cm³/mol. The minimum absolute atomic E-state index is 0.172. The summed E-state index contributed by atoms with van der Waals surface area (Å²) < 4.78 is 13.7. The molecule has 6 rings (SSSR count). The van der Waals surface area contributed by atoms with Gasteiger partial charge >= 0.3 is 5.97 Å². The number of aromatic nitrogens is 1. The van der Waals surface area contributed by atoms with Crippen molar-refractivity contribution < 1.29 is 14.3 Å². The van der Waals surface area contributed by atoms with Crippen molar-refractivity contribution in [1.82, 2.24) is 4.57 Å². The summed E-state index contributed by atoms with van der Waals surface area (Å²) >= 11 is 21.7. The molecule has 0 aliphatic carbocycles. The average Bonchev–Trinajstić information content (AvgIpc) is 3.38. The normalized spacial score (nSPS) is 14.5. The van der Waals surface area contributed by atoms with E-state index in [1.54, 1.807) is 65.7 Å². The predicted octanol–water partition coefficient (Wildman–Crippen LogP) is 8.20. The number of fused-ring (bicyclic) bond motifs is 1. The fraction of sp³-hybridized carbons (Fsp3) is 0.139. The first kappa shape index (κ1) is 33.1. The molecule has 11 heteroatoms. The molecule has 238 valence electrons. The molecule has 6 nitrogen and oxygen atoms in total. The second kappa shape index (κ2) is 14.5. The van der Waals surface area contributed by atoms with Gasteiger partial charge in [-0.15, -0.1) is 11.8 Å². The highest BCUT2D eigenvalue weighted by molar-refractivity contribution is 7.98. The molecule has 1 aliphatic heterocycles. The molecule has 0 spiro atoms. The topological polar surface area (TPSA) is 69.9 Å². The fourth-order valence-corrected chi connectivity index (χ4v) is 7.28. The molecule has 1 aliphatic rings. The second-order valence-electron chi connectivity index (χ2n) is 10.4. The van der Waals surface area contributed by atoms with Crippen molar-refractivity contribution in [2.75, 3.05) is 12.9 Å². The third kappa shape index (κ3) is 7.08. The van der Waals surface area contributed by atoms with Gasteiger partial charge in [0, 0.05) is 36.7 Å². The number of halogens is 3. The number of thioether (sulfide) groups is 1. The molecule has 0 saturated heterocycles. The summed E-state index contributed by atoms with van der Waals surface area (Å²) in [6, 6.07) is 26.9. The molecule has 1 aromatic heterocycles. The van der Waals surface area contributed by atoms with Crippen molar-refractivity contribution in [2.45, 2.75) is 24.5 Å². The van der Waals surface area contributed by atoms with E-state index >= 15 is 0 Å². The maximum atomic E-state index is 14.3. The van der Waals surface area contributed by atoms with Gasteiger partial charge in [0.25, 0.3) is 5.56 Å². The van der Waals surface area contributed by atoms with E-state index < -0.39 is 12.0 Å². The van der Waals surface area contributed by atoms with E-state index in [9.17, 15) is 9.59 Å². The number of esters is 1. The molecule has 47 heavy (non-hydrogen) atoms. The Bertz CT molecular complexity index is 2180. The number of ether oxygens (including phenoxy) is 2. The quantitative estimate of drug-likeness (QED) is 0.113. The lowest BCUT2D eigenvalue weighted by Crippen LogP contribution is -2.40. The molecule has 4 aromatic carbocycles. The summed E-state index contributed by atoms with van der Waals surface area (Å²) in [6.45, 7) is 2.10. The first-order valence-corrected chi connectivity index (χ1v) is 17.7. The Morgan fingerprint density at radius 3 is 2.40 bits per heavy atom. The van der Waals surface area contributed by atoms with Gasteiger partial charge in [-0.2, -0.15) is 0 Å². The number of rotatable bonds is 9. The van der Waals surface area contributed by atoms with E-state index in [-0.39, 0.29) is 18.8 Å². The van der Waals surface area contributed by atoms with Gasteiger partial charge in [0.05, 0.1) is 28.5 Å². The molecule has 0 unspecified atom stereocenters.